The van der Waals surface area contributed by atoms with Gasteiger partial charge in [-0.1, -0.05) is 29.8 Å². The molecule has 0 unspecified atom stereocenters. The molecule has 0 heterocycles. The minimum absolute atomic E-state index is 0.0571. The van der Waals surface area contributed by atoms with Crippen LogP contribution in [-0.2, 0) is 4.79 Å². The summed E-state index contributed by atoms with van der Waals surface area (Å²) in [5.74, 6) is 0.779. The molecule has 1 aromatic carbocycles. The van der Waals surface area contributed by atoms with E-state index in [9.17, 15) is 4.79 Å². The monoisotopic (exact) mass is 313 g/mol. The number of rotatable bonds is 7. The van der Waals surface area contributed by atoms with Gasteiger partial charge in [0.15, 0.2) is 6.61 Å². The number of nitrogens with zero attached hydrogens (tertiary/aromatic N) is 1. The Morgan fingerprint density at radius 2 is 1.72 bits per heavy atom. The Morgan fingerprint density at radius 3 is 2.22 bits per heavy atom. The summed E-state index contributed by atoms with van der Waals surface area (Å²) in [5.41, 5.74) is 0. The zero-order valence-corrected chi connectivity index (χ0v) is 12.6. The van der Waals surface area contributed by atoms with E-state index in [4.69, 9.17) is 4.74 Å². The van der Waals surface area contributed by atoms with E-state index in [1.54, 1.807) is 0 Å². The molecule has 1 amide bonds. The largest absolute Gasteiger partial charge is 0.484 e. The molecular formula is C14H20BrNO2. The van der Waals surface area contributed by atoms with E-state index < -0.39 is 0 Å². The summed E-state index contributed by atoms with van der Waals surface area (Å²) < 4.78 is 6.48. The number of hydrogen-bond acceptors (Lipinski definition) is 2. The molecule has 1 rings (SSSR count). The Balaban J connectivity index is 2.45. The molecule has 0 N–H and O–H groups in total. The van der Waals surface area contributed by atoms with Gasteiger partial charge >= 0.3 is 0 Å². The van der Waals surface area contributed by atoms with E-state index in [0.717, 1.165) is 36.2 Å². The molecular weight excluding hydrogens is 294 g/mol. The summed E-state index contributed by atoms with van der Waals surface area (Å²) in [6.07, 6.45) is 1.95. The fourth-order valence-electron chi connectivity index (χ4n) is 1.67. The third-order valence-electron chi connectivity index (χ3n) is 2.52. The second-order valence-corrected chi connectivity index (χ2v) is 5.04. The van der Waals surface area contributed by atoms with E-state index in [1.165, 1.54) is 0 Å². The fourth-order valence-corrected chi connectivity index (χ4v) is 1.93. The van der Waals surface area contributed by atoms with Gasteiger partial charge in [0.2, 0.25) is 0 Å². The van der Waals surface area contributed by atoms with Crippen LogP contribution < -0.4 is 4.74 Å². The van der Waals surface area contributed by atoms with Gasteiger partial charge in [-0.2, -0.15) is 0 Å². The molecule has 0 radical (unpaired) electrons. The van der Waals surface area contributed by atoms with Crippen LogP contribution in [0.4, 0.5) is 0 Å². The predicted octanol–water partition coefficient (Wildman–Crippen LogP) is 3.48. The lowest BCUT2D eigenvalue weighted by Gasteiger charge is -2.21. The first kappa shape index (κ1) is 15.0. The fraction of sp³-hybridized carbons (Fsp3) is 0.500. The Labute approximate surface area is 117 Å². The second kappa shape index (κ2) is 8.14. The van der Waals surface area contributed by atoms with Crippen molar-refractivity contribution in [2.24, 2.45) is 0 Å². The van der Waals surface area contributed by atoms with Crippen LogP contribution in [0.1, 0.15) is 26.7 Å². The third kappa shape index (κ3) is 5.08. The van der Waals surface area contributed by atoms with Crippen LogP contribution in [0.2, 0.25) is 0 Å². The minimum atomic E-state index is 0.0571. The van der Waals surface area contributed by atoms with Crippen molar-refractivity contribution >= 4 is 21.8 Å². The molecule has 1 aromatic rings. The summed E-state index contributed by atoms with van der Waals surface area (Å²) in [6, 6.07) is 7.49. The van der Waals surface area contributed by atoms with Crippen molar-refractivity contribution in [2.45, 2.75) is 26.7 Å². The van der Waals surface area contributed by atoms with Crippen LogP contribution in [0, 0.1) is 0 Å². The number of ether oxygens (including phenoxy) is 1. The molecule has 0 spiro atoms. The van der Waals surface area contributed by atoms with Crippen LogP contribution in [0.5, 0.6) is 5.75 Å². The normalized spacial score (nSPS) is 10.2. The Bertz CT molecular complexity index is 359. The molecule has 4 heteroatoms. The van der Waals surface area contributed by atoms with Crippen molar-refractivity contribution in [2.75, 3.05) is 19.7 Å². The summed E-state index contributed by atoms with van der Waals surface area (Å²) in [5, 5.41) is 0. The first-order valence-electron chi connectivity index (χ1n) is 6.33. The summed E-state index contributed by atoms with van der Waals surface area (Å²) >= 11 is 3.36. The molecule has 0 aliphatic carbocycles. The Morgan fingerprint density at radius 1 is 1.17 bits per heavy atom. The molecule has 0 saturated carbocycles. The third-order valence-corrected chi connectivity index (χ3v) is 3.04. The van der Waals surface area contributed by atoms with E-state index in [1.807, 2.05) is 29.2 Å². The van der Waals surface area contributed by atoms with Crippen molar-refractivity contribution in [1.29, 1.82) is 0 Å². The average molecular weight is 314 g/mol. The number of amides is 1. The number of carbonyl (C=O) groups excluding carboxylic acids is 1. The molecule has 18 heavy (non-hydrogen) atoms. The minimum Gasteiger partial charge on any atom is -0.484 e. The topological polar surface area (TPSA) is 29.5 Å². The zero-order chi connectivity index (χ0) is 13.4. The highest BCUT2D eigenvalue weighted by atomic mass is 79.9. The van der Waals surface area contributed by atoms with Gasteiger partial charge in [0, 0.05) is 17.6 Å². The number of halogens is 1. The highest BCUT2D eigenvalue weighted by Crippen LogP contribution is 2.16. The van der Waals surface area contributed by atoms with E-state index in [-0.39, 0.29) is 12.5 Å². The molecule has 0 aliphatic rings. The van der Waals surface area contributed by atoms with Crippen LogP contribution in [0.3, 0.4) is 0 Å². The van der Waals surface area contributed by atoms with Crippen molar-refractivity contribution in [1.82, 2.24) is 4.90 Å². The lowest BCUT2D eigenvalue weighted by atomic mass is 10.3. The SMILES string of the molecule is CCCN(CCC)C(=O)COc1ccc(Br)cc1. The Hall–Kier alpha value is -1.03. The lowest BCUT2D eigenvalue weighted by molar-refractivity contribution is -0.133. The quantitative estimate of drug-likeness (QED) is 0.771. The van der Waals surface area contributed by atoms with Gasteiger partial charge < -0.3 is 9.64 Å². The first-order chi connectivity index (χ1) is 8.67. The van der Waals surface area contributed by atoms with Gasteiger partial charge in [-0.3, -0.25) is 4.79 Å². The number of carbonyl (C=O) groups is 1. The zero-order valence-electron chi connectivity index (χ0n) is 11.0. The van der Waals surface area contributed by atoms with Gasteiger partial charge in [0.05, 0.1) is 0 Å². The van der Waals surface area contributed by atoms with Crippen molar-refractivity contribution in [3.05, 3.63) is 28.7 Å². The molecule has 0 bridgehead atoms. The highest BCUT2D eigenvalue weighted by molar-refractivity contribution is 9.10. The van der Waals surface area contributed by atoms with Crippen LogP contribution in [0.25, 0.3) is 0 Å². The van der Waals surface area contributed by atoms with Gasteiger partial charge in [-0.15, -0.1) is 0 Å². The maximum absolute atomic E-state index is 12.0. The molecule has 0 aliphatic heterocycles. The van der Waals surface area contributed by atoms with Crippen LogP contribution >= 0.6 is 15.9 Å². The second-order valence-electron chi connectivity index (χ2n) is 4.12. The van der Waals surface area contributed by atoms with Crippen LogP contribution in [0.15, 0.2) is 28.7 Å². The summed E-state index contributed by atoms with van der Waals surface area (Å²) in [7, 11) is 0. The maximum atomic E-state index is 12.0. The maximum Gasteiger partial charge on any atom is 0.260 e. The van der Waals surface area contributed by atoms with E-state index >= 15 is 0 Å². The molecule has 0 aromatic heterocycles. The number of hydrogen-bond donors (Lipinski definition) is 0. The van der Waals surface area contributed by atoms with Gasteiger partial charge in [-0.05, 0) is 37.1 Å². The van der Waals surface area contributed by atoms with Crippen molar-refractivity contribution in [3.8, 4) is 5.75 Å². The van der Waals surface area contributed by atoms with Crippen molar-refractivity contribution < 1.29 is 9.53 Å². The van der Waals surface area contributed by atoms with Crippen LogP contribution in [-0.4, -0.2) is 30.5 Å². The highest BCUT2D eigenvalue weighted by Gasteiger charge is 2.12. The standard InChI is InChI=1S/C14H20BrNO2/c1-3-9-16(10-4-2)14(17)11-18-13-7-5-12(15)6-8-13/h5-8H,3-4,9-11H2,1-2H3. The van der Waals surface area contributed by atoms with Gasteiger partial charge in [-0.25, -0.2) is 0 Å². The predicted molar refractivity (Wildman–Crippen MR) is 76.8 cm³/mol. The molecule has 0 atom stereocenters. The van der Waals surface area contributed by atoms with Crippen molar-refractivity contribution in [3.63, 3.8) is 0 Å². The van der Waals surface area contributed by atoms with E-state index in [0.29, 0.717) is 0 Å². The summed E-state index contributed by atoms with van der Waals surface area (Å²) in [6.45, 7) is 5.87. The molecule has 0 saturated heterocycles. The van der Waals surface area contributed by atoms with Gasteiger partial charge in [0.25, 0.3) is 5.91 Å². The Kier molecular flexibility index (Phi) is 6.80. The average Bonchev–Trinajstić information content (AvgIpc) is 2.37. The molecule has 3 nitrogen and oxygen atoms in total. The smallest absolute Gasteiger partial charge is 0.260 e. The van der Waals surface area contributed by atoms with E-state index in [2.05, 4.69) is 29.8 Å². The lowest BCUT2D eigenvalue weighted by Crippen LogP contribution is -2.36. The summed E-state index contributed by atoms with van der Waals surface area (Å²) in [4.78, 5) is 13.8. The molecule has 0 fully saturated rings. The molecule has 100 valence electrons. The first-order valence-corrected chi connectivity index (χ1v) is 7.12. The number of benzene rings is 1. The van der Waals surface area contributed by atoms with Gasteiger partial charge in [0.1, 0.15) is 5.75 Å².